The average Bonchev–Trinajstić information content (AvgIpc) is 2.24. The molecule has 0 aliphatic heterocycles. The Labute approximate surface area is 118 Å². The van der Waals surface area contributed by atoms with Crippen molar-refractivity contribution in [2.75, 3.05) is 0 Å². The normalized spacial score (nSPS) is 11.8. The van der Waals surface area contributed by atoms with Crippen molar-refractivity contribution in [2.24, 2.45) is 0 Å². The standard InChI is InChI=1S/C14H17Cl2NO/c1-4-14(2,3)17-13(18)6-5-10-7-11(15)9-12(16)8-10/h5-9H,4H2,1-3H3,(H,17,18)/b6-5+. The molecule has 1 aromatic rings. The number of carbonyl (C=O) groups is 1. The highest BCUT2D eigenvalue weighted by Gasteiger charge is 2.15. The summed E-state index contributed by atoms with van der Waals surface area (Å²) >= 11 is 11.8. The molecule has 98 valence electrons. The van der Waals surface area contributed by atoms with E-state index < -0.39 is 0 Å². The molecule has 1 N–H and O–H groups in total. The third kappa shape index (κ3) is 5.11. The number of hydrogen-bond donors (Lipinski definition) is 1. The van der Waals surface area contributed by atoms with Crippen LogP contribution in [-0.2, 0) is 4.79 Å². The summed E-state index contributed by atoms with van der Waals surface area (Å²) in [4.78, 5) is 11.7. The second-order valence-electron chi connectivity index (χ2n) is 4.76. The molecule has 0 aliphatic rings. The number of nitrogens with one attached hydrogen (secondary N) is 1. The van der Waals surface area contributed by atoms with Gasteiger partial charge in [0.1, 0.15) is 0 Å². The van der Waals surface area contributed by atoms with Gasteiger partial charge in [0.25, 0.3) is 0 Å². The van der Waals surface area contributed by atoms with E-state index >= 15 is 0 Å². The smallest absolute Gasteiger partial charge is 0.244 e. The van der Waals surface area contributed by atoms with Crippen molar-refractivity contribution < 1.29 is 4.79 Å². The first-order valence-electron chi connectivity index (χ1n) is 5.79. The Morgan fingerprint density at radius 2 is 1.83 bits per heavy atom. The molecular weight excluding hydrogens is 269 g/mol. The molecule has 1 rings (SSSR count). The molecule has 1 amide bonds. The highest BCUT2D eigenvalue weighted by atomic mass is 35.5. The Morgan fingerprint density at radius 3 is 2.33 bits per heavy atom. The maximum atomic E-state index is 11.7. The van der Waals surface area contributed by atoms with Gasteiger partial charge in [-0.3, -0.25) is 4.79 Å². The second kappa shape index (κ2) is 6.26. The lowest BCUT2D eigenvalue weighted by Gasteiger charge is -2.23. The van der Waals surface area contributed by atoms with E-state index in [0.717, 1.165) is 12.0 Å². The molecule has 4 heteroatoms. The monoisotopic (exact) mass is 285 g/mol. The predicted octanol–water partition coefficient (Wildman–Crippen LogP) is 4.31. The summed E-state index contributed by atoms with van der Waals surface area (Å²) in [5.41, 5.74) is 0.602. The molecule has 0 saturated heterocycles. The van der Waals surface area contributed by atoms with Crippen LogP contribution in [0.25, 0.3) is 6.08 Å². The molecule has 1 aromatic carbocycles. The van der Waals surface area contributed by atoms with Gasteiger partial charge in [-0.1, -0.05) is 30.1 Å². The third-order valence-electron chi connectivity index (χ3n) is 2.66. The average molecular weight is 286 g/mol. The molecule has 0 heterocycles. The first-order chi connectivity index (χ1) is 8.32. The molecule has 0 aromatic heterocycles. The molecule has 0 saturated carbocycles. The van der Waals surface area contributed by atoms with Crippen molar-refractivity contribution in [2.45, 2.75) is 32.7 Å². The van der Waals surface area contributed by atoms with Gasteiger partial charge in [-0.25, -0.2) is 0 Å². The van der Waals surface area contributed by atoms with Gasteiger partial charge in [-0.05, 0) is 50.1 Å². The van der Waals surface area contributed by atoms with E-state index in [2.05, 4.69) is 5.32 Å². The van der Waals surface area contributed by atoms with E-state index in [-0.39, 0.29) is 11.4 Å². The van der Waals surface area contributed by atoms with Crippen LogP contribution in [0.4, 0.5) is 0 Å². The van der Waals surface area contributed by atoms with E-state index in [1.54, 1.807) is 24.3 Å². The molecule has 0 atom stereocenters. The summed E-state index contributed by atoms with van der Waals surface area (Å²) in [6.07, 6.45) is 4.05. The Kier molecular flexibility index (Phi) is 5.24. The van der Waals surface area contributed by atoms with Crippen molar-refractivity contribution in [3.8, 4) is 0 Å². The first kappa shape index (κ1) is 15.1. The van der Waals surface area contributed by atoms with Crippen molar-refractivity contribution in [1.82, 2.24) is 5.32 Å². The van der Waals surface area contributed by atoms with Crippen LogP contribution in [-0.4, -0.2) is 11.4 Å². The number of rotatable bonds is 4. The fraction of sp³-hybridized carbons (Fsp3) is 0.357. The Balaban J connectivity index is 2.72. The number of amides is 1. The highest BCUT2D eigenvalue weighted by molar-refractivity contribution is 6.34. The minimum absolute atomic E-state index is 0.127. The fourth-order valence-corrected chi connectivity index (χ4v) is 1.85. The highest BCUT2D eigenvalue weighted by Crippen LogP contribution is 2.19. The molecular formula is C14H17Cl2NO. The minimum Gasteiger partial charge on any atom is -0.348 e. The lowest BCUT2D eigenvalue weighted by Crippen LogP contribution is -2.41. The lowest BCUT2D eigenvalue weighted by molar-refractivity contribution is -0.117. The van der Waals surface area contributed by atoms with Crippen LogP contribution in [0.5, 0.6) is 0 Å². The van der Waals surface area contributed by atoms with Crippen LogP contribution in [0.2, 0.25) is 10.0 Å². The van der Waals surface area contributed by atoms with E-state index in [1.807, 2.05) is 20.8 Å². The molecule has 0 fully saturated rings. The van der Waals surface area contributed by atoms with Gasteiger partial charge in [0.05, 0.1) is 0 Å². The van der Waals surface area contributed by atoms with E-state index in [9.17, 15) is 4.79 Å². The summed E-state index contributed by atoms with van der Waals surface area (Å²) in [7, 11) is 0. The van der Waals surface area contributed by atoms with Crippen molar-refractivity contribution in [3.63, 3.8) is 0 Å². The zero-order valence-corrected chi connectivity index (χ0v) is 12.3. The molecule has 0 bridgehead atoms. The summed E-state index contributed by atoms with van der Waals surface area (Å²) in [6.45, 7) is 5.99. The molecule has 2 nitrogen and oxygen atoms in total. The number of carbonyl (C=O) groups excluding carboxylic acids is 1. The Morgan fingerprint density at radius 1 is 1.28 bits per heavy atom. The van der Waals surface area contributed by atoms with Gasteiger partial charge in [-0.15, -0.1) is 0 Å². The fourth-order valence-electron chi connectivity index (χ4n) is 1.31. The van der Waals surface area contributed by atoms with Crippen molar-refractivity contribution >= 4 is 35.2 Å². The van der Waals surface area contributed by atoms with Crippen LogP contribution in [0.3, 0.4) is 0 Å². The van der Waals surface area contributed by atoms with Crippen molar-refractivity contribution in [1.29, 1.82) is 0 Å². The summed E-state index contributed by atoms with van der Waals surface area (Å²) in [5, 5.41) is 4.02. The first-order valence-corrected chi connectivity index (χ1v) is 6.54. The van der Waals surface area contributed by atoms with Gasteiger partial charge in [0, 0.05) is 21.7 Å². The Bertz CT molecular complexity index is 447. The maximum Gasteiger partial charge on any atom is 0.244 e. The number of hydrogen-bond acceptors (Lipinski definition) is 1. The molecule has 0 radical (unpaired) electrons. The summed E-state index contributed by atoms with van der Waals surface area (Å²) in [6, 6.07) is 5.16. The van der Waals surface area contributed by atoms with Gasteiger partial charge in [0.2, 0.25) is 5.91 Å². The molecule has 0 spiro atoms. The SMILES string of the molecule is CCC(C)(C)NC(=O)/C=C/c1cc(Cl)cc(Cl)c1. The van der Waals surface area contributed by atoms with Gasteiger partial charge < -0.3 is 5.32 Å². The number of halogens is 2. The third-order valence-corrected chi connectivity index (χ3v) is 3.09. The van der Waals surface area contributed by atoms with E-state index in [4.69, 9.17) is 23.2 Å². The topological polar surface area (TPSA) is 29.1 Å². The molecule has 18 heavy (non-hydrogen) atoms. The van der Waals surface area contributed by atoms with Gasteiger partial charge in [0.15, 0.2) is 0 Å². The quantitative estimate of drug-likeness (QED) is 0.821. The van der Waals surface area contributed by atoms with Crippen LogP contribution in [0.1, 0.15) is 32.8 Å². The summed E-state index contributed by atoms with van der Waals surface area (Å²) in [5.74, 6) is -0.127. The lowest BCUT2D eigenvalue weighted by atomic mass is 10.0. The second-order valence-corrected chi connectivity index (χ2v) is 5.64. The Hall–Kier alpha value is -0.990. The predicted molar refractivity (Wildman–Crippen MR) is 78.0 cm³/mol. The molecule has 0 aliphatic carbocycles. The van der Waals surface area contributed by atoms with E-state index in [0.29, 0.717) is 10.0 Å². The van der Waals surface area contributed by atoms with Crippen molar-refractivity contribution in [3.05, 3.63) is 39.9 Å². The van der Waals surface area contributed by atoms with Crippen LogP contribution in [0.15, 0.2) is 24.3 Å². The van der Waals surface area contributed by atoms with Gasteiger partial charge in [-0.2, -0.15) is 0 Å². The number of benzene rings is 1. The van der Waals surface area contributed by atoms with Gasteiger partial charge >= 0.3 is 0 Å². The molecule has 0 unspecified atom stereocenters. The maximum absolute atomic E-state index is 11.7. The zero-order valence-electron chi connectivity index (χ0n) is 10.8. The van der Waals surface area contributed by atoms with Crippen LogP contribution in [0, 0.1) is 0 Å². The van der Waals surface area contributed by atoms with Crippen LogP contribution >= 0.6 is 23.2 Å². The van der Waals surface area contributed by atoms with Crippen LogP contribution < -0.4 is 5.32 Å². The zero-order chi connectivity index (χ0) is 13.8. The van der Waals surface area contributed by atoms with E-state index in [1.165, 1.54) is 6.08 Å². The largest absolute Gasteiger partial charge is 0.348 e. The summed E-state index contributed by atoms with van der Waals surface area (Å²) < 4.78 is 0. The minimum atomic E-state index is -0.201.